The third-order valence-corrected chi connectivity index (χ3v) is 4.07. The van der Waals surface area contributed by atoms with Gasteiger partial charge in [0.1, 0.15) is 0 Å². The molecular formula is C15H23Cl2NO2. The van der Waals surface area contributed by atoms with Crippen LogP contribution in [0.1, 0.15) is 38.3 Å². The van der Waals surface area contributed by atoms with Gasteiger partial charge in [0.25, 0.3) is 0 Å². The second kappa shape index (κ2) is 8.20. The van der Waals surface area contributed by atoms with Gasteiger partial charge < -0.3 is 15.2 Å². The van der Waals surface area contributed by atoms with Gasteiger partial charge in [0, 0.05) is 32.7 Å². The number of halogens is 2. The molecule has 0 aliphatic carbocycles. The highest BCUT2D eigenvalue weighted by Gasteiger charge is 2.21. The van der Waals surface area contributed by atoms with Crippen molar-refractivity contribution in [2.45, 2.75) is 38.3 Å². The second-order valence-corrected chi connectivity index (χ2v) is 6.07. The van der Waals surface area contributed by atoms with Crippen LogP contribution in [0.5, 0.6) is 0 Å². The average Bonchev–Trinajstić information content (AvgIpc) is 2.41. The molecule has 1 rings (SSSR count). The van der Waals surface area contributed by atoms with Crippen LogP contribution >= 0.6 is 23.2 Å². The Morgan fingerprint density at radius 1 is 1.35 bits per heavy atom. The van der Waals surface area contributed by atoms with E-state index >= 15 is 0 Å². The molecule has 1 aromatic carbocycles. The van der Waals surface area contributed by atoms with Gasteiger partial charge in [-0.2, -0.15) is 0 Å². The van der Waals surface area contributed by atoms with E-state index in [1.807, 2.05) is 12.1 Å². The minimum Gasteiger partial charge on any atom is -0.389 e. The quantitative estimate of drug-likeness (QED) is 0.765. The lowest BCUT2D eigenvalue weighted by Gasteiger charge is -2.27. The number of aliphatic hydroxyl groups is 1. The van der Waals surface area contributed by atoms with Gasteiger partial charge in [0.15, 0.2) is 0 Å². The summed E-state index contributed by atoms with van der Waals surface area (Å²) in [6.45, 7) is 4.93. The number of nitrogens with one attached hydrogen (secondary N) is 1. The third-order valence-electron chi connectivity index (χ3n) is 3.33. The van der Waals surface area contributed by atoms with Crippen LogP contribution in [0.15, 0.2) is 18.2 Å². The van der Waals surface area contributed by atoms with Crippen LogP contribution in [0.3, 0.4) is 0 Å². The summed E-state index contributed by atoms with van der Waals surface area (Å²) >= 11 is 12.0. The monoisotopic (exact) mass is 319 g/mol. The van der Waals surface area contributed by atoms with Crippen LogP contribution in [-0.2, 0) is 4.74 Å². The second-order valence-electron chi connectivity index (χ2n) is 5.26. The number of hydrogen-bond donors (Lipinski definition) is 2. The zero-order valence-corrected chi connectivity index (χ0v) is 13.8. The van der Waals surface area contributed by atoms with Crippen LogP contribution < -0.4 is 5.32 Å². The maximum atomic E-state index is 10.2. The summed E-state index contributed by atoms with van der Waals surface area (Å²) < 4.78 is 5.00. The van der Waals surface area contributed by atoms with Gasteiger partial charge in [-0.3, -0.25) is 0 Å². The molecule has 2 atom stereocenters. The van der Waals surface area contributed by atoms with Crippen molar-refractivity contribution in [3.8, 4) is 0 Å². The van der Waals surface area contributed by atoms with E-state index in [1.165, 1.54) is 0 Å². The molecule has 0 fully saturated rings. The number of hydrogen-bond acceptors (Lipinski definition) is 3. The molecule has 0 radical (unpaired) electrons. The Morgan fingerprint density at radius 3 is 2.60 bits per heavy atom. The van der Waals surface area contributed by atoms with Crippen LogP contribution in [0.25, 0.3) is 0 Å². The normalized spacial score (nSPS) is 15.9. The molecule has 0 spiro atoms. The van der Waals surface area contributed by atoms with E-state index in [-0.39, 0.29) is 6.04 Å². The minimum absolute atomic E-state index is 0.138. The van der Waals surface area contributed by atoms with E-state index in [0.29, 0.717) is 29.6 Å². The van der Waals surface area contributed by atoms with Crippen molar-refractivity contribution in [1.82, 2.24) is 5.32 Å². The summed E-state index contributed by atoms with van der Waals surface area (Å²) in [6, 6.07) is 5.76. The van der Waals surface area contributed by atoms with Gasteiger partial charge in [-0.1, -0.05) is 36.2 Å². The highest BCUT2D eigenvalue weighted by atomic mass is 35.5. The highest BCUT2D eigenvalue weighted by molar-refractivity contribution is 6.42. The minimum atomic E-state index is -0.792. The topological polar surface area (TPSA) is 41.5 Å². The Morgan fingerprint density at radius 2 is 2.05 bits per heavy atom. The molecule has 3 nitrogen and oxygen atoms in total. The van der Waals surface area contributed by atoms with Crippen LogP contribution in [0.2, 0.25) is 10.0 Å². The molecule has 1 aromatic rings. The fourth-order valence-corrected chi connectivity index (χ4v) is 2.29. The molecule has 2 unspecified atom stereocenters. The van der Waals surface area contributed by atoms with Crippen molar-refractivity contribution in [3.63, 3.8) is 0 Å². The molecule has 0 heterocycles. The predicted octanol–water partition coefficient (Wildman–Crippen LogP) is 3.82. The van der Waals surface area contributed by atoms with Gasteiger partial charge in [0.2, 0.25) is 0 Å². The number of methoxy groups -OCH3 is 1. The Bertz CT molecular complexity index is 424. The molecule has 0 saturated carbocycles. The van der Waals surface area contributed by atoms with Gasteiger partial charge in [-0.05, 0) is 31.0 Å². The Hall–Kier alpha value is -0.320. The summed E-state index contributed by atoms with van der Waals surface area (Å²) in [7, 11) is 1.63. The SMILES string of the molecule is CCC(NCC(C)(O)CCOC)c1ccc(Cl)c(Cl)c1. The van der Waals surface area contributed by atoms with Gasteiger partial charge in [0.05, 0.1) is 15.6 Å². The maximum absolute atomic E-state index is 10.2. The first kappa shape index (κ1) is 17.7. The largest absolute Gasteiger partial charge is 0.389 e. The predicted molar refractivity (Wildman–Crippen MR) is 84.6 cm³/mol. The van der Waals surface area contributed by atoms with Crippen LogP contribution in [-0.4, -0.2) is 31.0 Å². The van der Waals surface area contributed by atoms with Crippen molar-refractivity contribution in [2.75, 3.05) is 20.3 Å². The van der Waals surface area contributed by atoms with Crippen molar-refractivity contribution in [2.24, 2.45) is 0 Å². The number of ether oxygens (including phenoxy) is 1. The molecule has 0 aliphatic rings. The lowest BCUT2D eigenvalue weighted by Crippen LogP contribution is -2.40. The first-order valence-corrected chi connectivity index (χ1v) is 7.55. The van der Waals surface area contributed by atoms with Crippen LogP contribution in [0, 0.1) is 0 Å². The molecule has 0 aliphatic heterocycles. The summed E-state index contributed by atoms with van der Waals surface area (Å²) in [4.78, 5) is 0. The molecule has 0 aromatic heterocycles. The van der Waals surface area contributed by atoms with Crippen molar-refractivity contribution in [1.29, 1.82) is 0 Å². The smallest absolute Gasteiger partial charge is 0.0765 e. The van der Waals surface area contributed by atoms with E-state index in [0.717, 1.165) is 12.0 Å². The molecule has 5 heteroatoms. The van der Waals surface area contributed by atoms with Crippen LogP contribution in [0.4, 0.5) is 0 Å². The molecule has 114 valence electrons. The van der Waals surface area contributed by atoms with E-state index in [4.69, 9.17) is 27.9 Å². The van der Waals surface area contributed by atoms with E-state index < -0.39 is 5.60 Å². The summed E-state index contributed by atoms with van der Waals surface area (Å²) in [5.74, 6) is 0. The molecule has 0 saturated heterocycles. The fraction of sp³-hybridized carbons (Fsp3) is 0.600. The lowest BCUT2D eigenvalue weighted by atomic mass is 10.00. The Labute approximate surface area is 131 Å². The van der Waals surface area contributed by atoms with Crippen molar-refractivity contribution < 1.29 is 9.84 Å². The summed E-state index contributed by atoms with van der Waals surface area (Å²) in [6.07, 6.45) is 1.49. The summed E-state index contributed by atoms with van der Waals surface area (Å²) in [5.41, 5.74) is 0.282. The van der Waals surface area contributed by atoms with Crippen molar-refractivity contribution in [3.05, 3.63) is 33.8 Å². The van der Waals surface area contributed by atoms with Crippen molar-refractivity contribution >= 4 is 23.2 Å². The highest BCUT2D eigenvalue weighted by Crippen LogP contribution is 2.27. The lowest BCUT2D eigenvalue weighted by molar-refractivity contribution is 0.0226. The molecule has 0 amide bonds. The number of benzene rings is 1. The first-order valence-electron chi connectivity index (χ1n) is 6.79. The average molecular weight is 320 g/mol. The Kier molecular flexibility index (Phi) is 7.27. The fourth-order valence-electron chi connectivity index (χ4n) is 1.98. The van der Waals surface area contributed by atoms with Gasteiger partial charge in [-0.25, -0.2) is 0 Å². The number of rotatable bonds is 8. The maximum Gasteiger partial charge on any atom is 0.0765 e. The third kappa shape index (κ3) is 5.58. The molecule has 20 heavy (non-hydrogen) atoms. The zero-order valence-electron chi connectivity index (χ0n) is 12.2. The standard InChI is InChI=1S/C15H23Cl2NO2/c1-4-14(11-5-6-12(16)13(17)9-11)18-10-15(2,19)7-8-20-3/h5-6,9,14,18-19H,4,7-8,10H2,1-3H3. The summed E-state index contributed by atoms with van der Waals surface area (Å²) in [5, 5.41) is 14.7. The molecular weight excluding hydrogens is 297 g/mol. The Balaban J connectivity index is 2.65. The van der Waals surface area contributed by atoms with Gasteiger partial charge >= 0.3 is 0 Å². The van der Waals surface area contributed by atoms with E-state index in [2.05, 4.69) is 12.2 Å². The van der Waals surface area contributed by atoms with Gasteiger partial charge in [-0.15, -0.1) is 0 Å². The molecule has 0 bridgehead atoms. The van der Waals surface area contributed by atoms with E-state index in [1.54, 1.807) is 20.1 Å². The van der Waals surface area contributed by atoms with E-state index in [9.17, 15) is 5.11 Å². The first-order chi connectivity index (χ1) is 9.39. The molecule has 2 N–H and O–H groups in total. The zero-order chi connectivity index (χ0) is 15.2.